The van der Waals surface area contributed by atoms with Crippen LogP contribution in [-0.4, -0.2) is 25.3 Å². The maximum atomic E-state index is 14.6. The number of nitrogens with zero attached hydrogens (tertiary/aromatic N) is 3. The predicted molar refractivity (Wildman–Crippen MR) is 110 cm³/mol. The lowest BCUT2D eigenvalue weighted by molar-refractivity contribution is 0.0782. The topological polar surface area (TPSA) is 74.7 Å². The third-order valence-corrected chi connectivity index (χ3v) is 4.81. The minimum absolute atomic E-state index is 0.365. The first-order valence-corrected chi connectivity index (χ1v) is 9.29. The van der Waals surface area contributed by atoms with Crippen LogP contribution in [0.15, 0.2) is 60.9 Å². The van der Waals surface area contributed by atoms with Crippen LogP contribution in [0.1, 0.15) is 25.1 Å². The third-order valence-electron chi connectivity index (χ3n) is 4.81. The maximum Gasteiger partial charge on any atom is 0.132 e. The van der Waals surface area contributed by atoms with Gasteiger partial charge in [0, 0.05) is 28.6 Å². The molecule has 0 aliphatic rings. The highest BCUT2D eigenvalue weighted by Gasteiger charge is 2.18. The monoisotopic (exact) mass is 388 g/mol. The van der Waals surface area contributed by atoms with Crippen LogP contribution < -0.4 is 0 Å². The predicted octanol–water partition coefficient (Wildman–Crippen LogP) is 4.88. The van der Waals surface area contributed by atoms with E-state index in [9.17, 15) is 9.50 Å². The van der Waals surface area contributed by atoms with E-state index in [1.807, 2.05) is 25.1 Å². The molecule has 146 valence electrons. The first-order chi connectivity index (χ1) is 13.8. The summed E-state index contributed by atoms with van der Waals surface area (Å²) in [7, 11) is 0. The Morgan fingerprint density at radius 1 is 0.966 bits per heavy atom. The normalized spacial score (nSPS) is 11.6. The molecule has 2 N–H and O–H groups in total. The number of H-pyrrole nitrogens is 1. The van der Waals surface area contributed by atoms with Crippen LogP contribution in [0.2, 0.25) is 0 Å². The Morgan fingerprint density at radius 2 is 1.79 bits per heavy atom. The van der Waals surface area contributed by atoms with Gasteiger partial charge in [-0.25, -0.2) is 4.39 Å². The second-order valence-electron chi connectivity index (χ2n) is 7.51. The van der Waals surface area contributed by atoms with E-state index < -0.39 is 5.60 Å². The van der Waals surface area contributed by atoms with Crippen molar-refractivity contribution in [2.75, 3.05) is 0 Å². The average molecular weight is 388 g/mol. The number of hydrogen-bond acceptors (Lipinski definition) is 4. The lowest BCUT2D eigenvalue weighted by atomic mass is 9.98. The van der Waals surface area contributed by atoms with Gasteiger partial charge in [0.05, 0.1) is 28.9 Å². The van der Waals surface area contributed by atoms with Crippen molar-refractivity contribution in [2.45, 2.75) is 26.4 Å². The summed E-state index contributed by atoms with van der Waals surface area (Å²) in [5.41, 5.74) is 4.63. The van der Waals surface area contributed by atoms with Crippen molar-refractivity contribution in [3.63, 3.8) is 0 Å². The fourth-order valence-corrected chi connectivity index (χ4v) is 3.19. The number of rotatable bonds is 4. The van der Waals surface area contributed by atoms with Gasteiger partial charge < -0.3 is 5.11 Å². The maximum absolute atomic E-state index is 14.6. The first-order valence-electron chi connectivity index (χ1n) is 9.29. The van der Waals surface area contributed by atoms with Gasteiger partial charge in [-0.1, -0.05) is 18.2 Å². The average Bonchev–Trinajstić information content (AvgIpc) is 3.18. The summed E-state index contributed by atoms with van der Waals surface area (Å²) >= 11 is 0. The molecule has 0 bridgehead atoms. The number of benzene rings is 1. The zero-order valence-corrected chi connectivity index (χ0v) is 16.4. The summed E-state index contributed by atoms with van der Waals surface area (Å²) < 4.78 is 14.6. The summed E-state index contributed by atoms with van der Waals surface area (Å²) in [6.45, 7) is 5.30. The van der Waals surface area contributed by atoms with E-state index in [2.05, 4.69) is 20.2 Å². The number of aryl methyl sites for hydroxylation is 1. The highest BCUT2D eigenvalue weighted by atomic mass is 19.1. The van der Waals surface area contributed by atoms with E-state index in [4.69, 9.17) is 0 Å². The lowest BCUT2D eigenvalue weighted by Crippen LogP contribution is -2.15. The summed E-state index contributed by atoms with van der Waals surface area (Å²) in [6.07, 6.45) is 3.28. The number of halogens is 1. The molecule has 3 heterocycles. The van der Waals surface area contributed by atoms with E-state index in [-0.39, 0.29) is 5.82 Å². The van der Waals surface area contributed by atoms with Gasteiger partial charge in [0.15, 0.2) is 0 Å². The molecule has 0 amide bonds. The zero-order chi connectivity index (χ0) is 20.6. The quantitative estimate of drug-likeness (QED) is 0.523. The fraction of sp³-hybridized carbons (Fsp3) is 0.174. The van der Waals surface area contributed by atoms with Crippen molar-refractivity contribution in [1.29, 1.82) is 0 Å². The Kier molecular flexibility index (Phi) is 4.72. The fourth-order valence-electron chi connectivity index (χ4n) is 3.19. The van der Waals surface area contributed by atoms with Crippen LogP contribution >= 0.6 is 0 Å². The van der Waals surface area contributed by atoms with Gasteiger partial charge in [0.25, 0.3) is 0 Å². The standard InChI is InChI=1S/C23H21FN4O/c1-14-5-4-6-21(27-14)22-18(13-26-28-22)15-7-9-19(24)17(11-15)20-10-8-16(12-25-20)23(2,3)29/h4-13,29H,1-3H3,(H,26,28). The van der Waals surface area contributed by atoms with Gasteiger partial charge in [0.1, 0.15) is 5.82 Å². The molecule has 29 heavy (non-hydrogen) atoms. The SMILES string of the molecule is Cc1cccc(-c2[nH]ncc2-c2ccc(F)c(-c3ccc(C(C)(C)O)cn3)c2)n1. The molecular formula is C23H21FN4O. The van der Waals surface area contributed by atoms with Gasteiger partial charge in [-0.05, 0) is 56.7 Å². The van der Waals surface area contributed by atoms with E-state index in [1.54, 1.807) is 50.5 Å². The van der Waals surface area contributed by atoms with Crippen LogP contribution in [-0.2, 0) is 5.60 Å². The molecule has 0 aliphatic carbocycles. The Morgan fingerprint density at radius 3 is 2.48 bits per heavy atom. The molecule has 0 unspecified atom stereocenters. The van der Waals surface area contributed by atoms with E-state index in [1.165, 1.54) is 6.07 Å². The summed E-state index contributed by atoms with van der Waals surface area (Å²) in [4.78, 5) is 8.91. The lowest BCUT2D eigenvalue weighted by Gasteiger charge is -2.17. The molecule has 0 fully saturated rings. The van der Waals surface area contributed by atoms with Crippen LogP contribution in [0.3, 0.4) is 0 Å². The summed E-state index contributed by atoms with van der Waals surface area (Å²) in [5.74, 6) is -0.365. The molecule has 0 radical (unpaired) electrons. The highest BCUT2D eigenvalue weighted by Crippen LogP contribution is 2.33. The summed E-state index contributed by atoms with van der Waals surface area (Å²) in [6, 6.07) is 14.1. The molecule has 3 aromatic heterocycles. The molecule has 1 aromatic carbocycles. The molecular weight excluding hydrogens is 367 g/mol. The first kappa shape index (κ1) is 19.0. The van der Waals surface area contributed by atoms with E-state index in [0.29, 0.717) is 16.8 Å². The Bertz CT molecular complexity index is 1160. The minimum Gasteiger partial charge on any atom is -0.386 e. The largest absolute Gasteiger partial charge is 0.386 e. The van der Waals surface area contributed by atoms with Crippen molar-refractivity contribution >= 4 is 0 Å². The molecule has 4 aromatic rings. The Labute approximate surface area is 168 Å². The van der Waals surface area contributed by atoms with Crippen LogP contribution in [0.25, 0.3) is 33.8 Å². The van der Waals surface area contributed by atoms with Crippen LogP contribution in [0.5, 0.6) is 0 Å². The van der Waals surface area contributed by atoms with Gasteiger partial charge in [-0.3, -0.25) is 15.1 Å². The molecule has 0 atom stereocenters. The van der Waals surface area contributed by atoms with Crippen molar-refractivity contribution in [3.05, 3.63) is 78.0 Å². The number of aliphatic hydroxyl groups is 1. The second kappa shape index (κ2) is 7.22. The number of aromatic nitrogens is 4. The third kappa shape index (κ3) is 3.79. The zero-order valence-electron chi connectivity index (χ0n) is 16.4. The van der Waals surface area contributed by atoms with Crippen molar-refractivity contribution in [3.8, 4) is 33.8 Å². The van der Waals surface area contributed by atoms with Gasteiger partial charge in [0.2, 0.25) is 0 Å². The minimum atomic E-state index is -1.00. The smallest absolute Gasteiger partial charge is 0.132 e. The Hall–Kier alpha value is -3.38. The van der Waals surface area contributed by atoms with Gasteiger partial charge in [-0.2, -0.15) is 5.10 Å². The molecule has 4 rings (SSSR count). The van der Waals surface area contributed by atoms with E-state index in [0.717, 1.165) is 28.2 Å². The highest BCUT2D eigenvalue weighted by molar-refractivity contribution is 5.81. The second-order valence-corrected chi connectivity index (χ2v) is 7.51. The summed E-state index contributed by atoms with van der Waals surface area (Å²) in [5, 5.41) is 17.3. The van der Waals surface area contributed by atoms with Gasteiger partial charge in [-0.15, -0.1) is 0 Å². The van der Waals surface area contributed by atoms with Crippen molar-refractivity contribution in [2.24, 2.45) is 0 Å². The molecule has 0 aliphatic heterocycles. The number of hydrogen-bond donors (Lipinski definition) is 2. The van der Waals surface area contributed by atoms with Crippen molar-refractivity contribution in [1.82, 2.24) is 20.2 Å². The number of pyridine rings is 2. The van der Waals surface area contributed by atoms with E-state index >= 15 is 0 Å². The van der Waals surface area contributed by atoms with Crippen LogP contribution in [0, 0.1) is 12.7 Å². The van der Waals surface area contributed by atoms with Crippen LogP contribution in [0.4, 0.5) is 4.39 Å². The molecule has 6 heteroatoms. The van der Waals surface area contributed by atoms with Gasteiger partial charge >= 0.3 is 0 Å². The molecule has 0 saturated heterocycles. The van der Waals surface area contributed by atoms with Crippen molar-refractivity contribution < 1.29 is 9.50 Å². The Balaban J connectivity index is 1.77. The number of nitrogens with one attached hydrogen (secondary N) is 1. The number of aromatic amines is 1. The molecule has 0 saturated carbocycles. The molecule has 0 spiro atoms. The molecule has 5 nitrogen and oxygen atoms in total.